The molecule has 10 heteroatoms. The summed E-state index contributed by atoms with van der Waals surface area (Å²) in [4.78, 5) is 27.9. The molecular formula is C28H31ClFN5O3. The topological polar surface area (TPSA) is 109 Å². The molecule has 0 spiro atoms. The fourth-order valence-corrected chi connectivity index (χ4v) is 4.42. The van der Waals surface area contributed by atoms with Gasteiger partial charge in [-0.1, -0.05) is 35.9 Å². The highest BCUT2D eigenvalue weighted by atomic mass is 35.5. The second kappa shape index (κ2) is 13.2. The van der Waals surface area contributed by atoms with Gasteiger partial charge in [-0.3, -0.25) is 9.69 Å². The van der Waals surface area contributed by atoms with Gasteiger partial charge in [-0.25, -0.2) is 9.18 Å². The van der Waals surface area contributed by atoms with Crippen molar-refractivity contribution in [3.63, 3.8) is 0 Å². The van der Waals surface area contributed by atoms with Gasteiger partial charge in [0.15, 0.2) is 0 Å². The summed E-state index contributed by atoms with van der Waals surface area (Å²) < 4.78 is 18.9. The van der Waals surface area contributed by atoms with Gasteiger partial charge in [-0.15, -0.1) is 0 Å². The first-order chi connectivity index (χ1) is 18.4. The number of carbonyl (C=O) groups is 2. The van der Waals surface area contributed by atoms with E-state index >= 15 is 0 Å². The number of nitrogens with one attached hydrogen (secondary N) is 3. The first-order valence-electron chi connectivity index (χ1n) is 12.5. The molecule has 5 N–H and O–H groups in total. The number of nitrogens with zero attached hydrogens (tertiary/aromatic N) is 1. The van der Waals surface area contributed by atoms with Crippen LogP contribution in [-0.4, -0.2) is 49.7 Å². The van der Waals surface area contributed by atoms with Crippen LogP contribution in [0.25, 0.3) is 0 Å². The minimum Gasteiger partial charge on any atom is -0.397 e. The van der Waals surface area contributed by atoms with Gasteiger partial charge in [0, 0.05) is 24.3 Å². The van der Waals surface area contributed by atoms with Gasteiger partial charge in [0.2, 0.25) is 0 Å². The Hall–Kier alpha value is -3.66. The van der Waals surface area contributed by atoms with Gasteiger partial charge in [0.1, 0.15) is 5.82 Å². The van der Waals surface area contributed by atoms with E-state index in [1.54, 1.807) is 36.4 Å². The minimum atomic E-state index is -0.558. The Kier molecular flexibility index (Phi) is 9.53. The number of amides is 3. The molecule has 0 bridgehead atoms. The van der Waals surface area contributed by atoms with Crippen molar-refractivity contribution in [2.24, 2.45) is 0 Å². The van der Waals surface area contributed by atoms with Gasteiger partial charge in [-0.2, -0.15) is 0 Å². The minimum absolute atomic E-state index is 0.0732. The molecule has 8 nitrogen and oxygen atoms in total. The maximum absolute atomic E-state index is 13.5. The van der Waals surface area contributed by atoms with Crippen molar-refractivity contribution in [2.75, 3.05) is 49.2 Å². The maximum Gasteiger partial charge on any atom is 0.319 e. The number of rotatable bonds is 9. The largest absolute Gasteiger partial charge is 0.397 e. The number of urea groups is 1. The Bertz CT molecular complexity index is 1250. The lowest BCUT2D eigenvalue weighted by atomic mass is 10.00. The van der Waals surface area contributed by atoms with Crippen LogP contribution in [0.3, 0.4) is 0 Å². The van der Waals surface area contributed by atoms with E-state index in [4.69, 9.17) is 22.1 Å². The molecule has 0 aromatic heterocycles. The summed E-state index contributed by atoms with van der Waals surface area (Å²) in [5, 5.41) is 8.45. The third kappa shape index (κ3) is 7.67. The zero-order chi connectivity index (χ0) is 26.9. The molecule has 1 aliphatic rings. The summed E-state index contributed by atoms with van der Waals surface area (Å²) in [6, 6.07) is 17.4. The van der Waals surface area contributed by atoms with E-state index in [1.165, 1.54) is 18.2 Å². The molecule has 0 saturated carbocycles. The van der Waals surface area contributed by atoms with Gasteiger partial charge < -0.3 is 26.4 Å². The van der Waals surface area contributed by atoms with Crippen molar-refractivity contribution in [1.29, 1.82) is 0 Å². The Balaban J connectivity index is 1.43. The Morgan fingerprint density at radius 1 is 1.03 bits per heavy atom. The van der Waals surface area contributed by atoms with Crippen molar-refractivity contribution < 1.29 is 18.7 Å². The summed E-state index contributed by atoms with van der Waals surface area (Å²) in [5.41, 5.74) is 8.66. The van der Waals surface area contributed by atoms with Gasteiger partial charge in [0.05, 0.1) is 35.7 Å². The van der Waals surface area contributed by atoms with Crippen LogP contribution in [0.15, 0.2) is 66.7 Å². The molecule has 0 radical (unpaired) electrons. The summed E-state index contributed by atoms with van der Waals surface area (Å²) in [5.74, 6) is -0.838. The molecule has 3 amide bonds. The molecule has 0 aliphatic carbocycles. The number of carbonyl (C=O) groups excluding carboxylic acids is 2. The number of nitrogens with two attached hydrogens (primary N) is 1. The number of nitrogen functional groups attached to an aromatic ring is 1. The first kappa shape index (κ1) is 27.4. The molecule has 1 heterocycles. The lowest BCUT2D eigenvalue weighted by Gasteiger charge is -2.27. The van der Waals surface area contributed by atoms with Gasteiger partial charge >= 0.3 is 6.03 Å². The maximum atomic E-state index is 13.5. The fraction of sp³-hybridized carbons (Fsp3) is 0.286. The SMILES string of the molecule is Nc1ccccc1NC(=O)c1ccc(C(CCCN2CCOCC2)NC(=O)Nc2ccc(F)c(Cl)c2)cc1. The second-order valence-corrected chi connectivity index (χ2v) is 9.45. The highest BCUT2D eigenvalue weighted by Crippen LogP contribution is 2.23. The Labute approximate surface area is 226 Å². The Morgan fingerprint density at radius 2 is 1.76 bits per heavy atom. The van der Waals surface area contributed by atoms with E-state index < -0.39 is 11.8 Å². The lowest BCUT2D eigenvalue weighted by molar-refractivity contribution is 0.0369. The number of benzene rings is 3. The van der Waals surface area contributed by atoms with Crippen molar-refractivity contribution >= 4 is 40.6 Å². The van der Waals surface area contributed by atoms with Crippen molar-refractivity contribution in [3.05, 3.63) is 88.7 Å². The number of halogens is 2. The quantitative estimate of drug-likeness (QED) is 0.276. The third-order valence-corrected chi connectivity index (χ3v) is 6.63. The number of hydrogen-bond acceptors (Lipinski definition) is 5. The zero-order valence-corrected chi connectivity index (χ0v) is 21.6. The van der Waals surface area contributed by atoms with Crippen LogP contribution in [-0.2, 0) is 4.74 Å². The molecule has 3 aromatic carbocycles. The number of anilines is 3. The van der Waals surface area contributed by atoms with Crippen molar-refractivity contribution in [3.8, 4) is 0 Å². The van der Waals surface area contributed by atoms with E-state index in [0.717, 1.165) is 44.8 Å². The van der Waals surface area contributed by atoms with Crippen molar-refractivity contribution in [1.82, 2.24) is 10.2 Å². The molecule has 200 valence electrons. The van der Waals surface area contributed by atoms with Crippen LogP contribution >= 0.6 is 11.6 Å². The third-order valence-electron chi connectivity index (χ3n) is 6.34. The van der Waals surface area contributed by atoms with Gasteiger partial charge in [-0.05, 0) is 67.4 Å². The van der Waals surface area contributed by atoms with Crippen LogP contribution in [0.5, 0.6) is 0 Å². The van der Waals surface area contributed by atoms with E-state index in [2.05, 4.69) is 20.9 Å². The average Bonchev–Trinajstić information content (AvgIpc) is 2.92. The van der Waals surface area contributed by atoms with E-state index in [9.17, 15) is 14.0 Å². The monoisotopic (exact) mass is 539 g/mol. The molecule has 38 heavy (non-hydrogen) atoms. The second-order valence-electron chi connectivity index (χ2n) is 9.04. The summed E-state index contributed by atoms with van der Waals surface area (Å²) in [6.07, 6.45) is 1.53. The molecule has 1 unspecified atom stereocenters. The number of ether oxygens (including phenoxy) is 1. The molecule has 1 aliphatic heterocycles. The first-order valence-corrected chi connectivity index (χ1v) is 12.9. The lowest BCUT2D eigenvalue weighted by Crippen LogP contribution is -2.37. The van der Waals surface area contributed by atoms with Crippen LogP contribution in [0.1, 0.15) is 34.8 Å². The summed E-state index contributed by atoms with van der Waals surface area (Å²) in [7, 11) is 0. The summed E-state index contributed by atoms with van der Waals surface area (Å²) >= 11 is 5.84. The highest BCUT2D eigenvalue weighted by molar-refractivity contribution is 6.31. The van der Waals surface area contributed by atoms with Crippen LogP contribution in [0.4, 0.5) is 26.2 Å². The normalized spacial score (nSPS) is 14.5. The van der Waals surface area contributed by atoms with Crippen molar-refractivity contribution in [2.45, 2.75) is 18.9 Å². The molecule has 3 aromatic rings. The number of morpholine rings is 1. The van der Waals surface area contributed by atoms with Gasteiger partial charge in [0.25, 0.3) is 5.91 Å². The summed E-state index contributed by atoms with van der Waals surface area (Å²) in [6.45, 7) is 4.11. The Morgan fingerprint density at radius 3 is 2.47 bits per heavy atom. The molecule has 1 saturated heterocycles. The highest BCUT2D eigenvalue weighted by Gasteiger charge is 2.18. The molecule has 1 fully saturated rings. The smallest absolute Gasteiger partial charge is 0.319 e. The number of hydrogen-bond donors (Lipinski definition) is 4. The van der Waals surface area contributed by atoms with Crippen LogP contribution < -0.4 is 21.7 Å². The molecular weight excluding hydrogens is 509 g/mol. The predicted molar refractivity (Wildman–Crippen MR) is 148 cm³/mol. The predicted octanol–water partition coefficient (Wildman–Crippen LogP) is 5.29. The fourth-order valence-electron chi connectivity index (χ4n) is 4.24. The van der Waals surface area contributed by atoms with E-state index in [1.807, 2.05) is 12.1 Å². The zero-order valence-electron chi connectivity index (χ0n) is 20.9. The van der Waals surface area contributed by atoms with E-state index in [0.29, 0.717) is 29.0 Å². The molecule has 1 atom stereocenters. The molecule has 4 rings (SSSR count). The van der Waals surface area contributed by atoms with Crippen LogP contribution in [0.2, 0.25) is 5.02 Å². The van der Waals surface area contributed by atoms with E-state index in [-0.39, 0.29) is 17.0 Å². The standard InChI is InChI=1S/C28H31ClFN5O3/c29-22-18-21(11-12-23(22)30)32-28(37)34-25(6-3-13-35-14-16-38-17-15-35)19-7-9-20(10-8-19)27(36)33-26-5-2-1-4-24(26)31/h1-2,4-5,7-12,18,25H,3,6,13-17,31H2,(H,33,36)(H2,32,34,37). The van der Waals surface area contributed by atoms with Crippen LogP contribution in [0, 0.1) is 5.82 Å². The average molecular weight is 540 g/mol. The number of para-hydroxylation sites is 2.